The van der Waals surface area contributed by atoms with Crippen molar-refractivity contribution in [3.05, 3.63) is 46.1 Å². The van der Waals surface area contributed by atoms with Crippen LogP contribution in [0.4, 0.5) is 11.4 Å². The van der Waals surface area contributed by atoms with Crippen molar-refractivity contribution in [1.29, 1.82) is 0 Å². The number of thiazole rings is 1. The molecule has 3 aromatic rings. The first kappa shape index (κ1) is 23.1. The molecule has 33 heavy (non-hydrogen) atoms. The summed E-state index contributed by atoms with van der Waals surface area (Å²) in [4.78, 5) is 25.0. The fraction of sp³-hybridized carbons (Fsp3) is 0.364. The van der Waals surface area contributed by atoms with E-state index in [1.807, 2.05) is 13.8 Å². The maximum atomic E-state index is 12.8. The zero-order chi connectivity index (χ0) is 23.8. The van der Waals surface area contributed by atoms with Crippen LogP contribution in [0.15, 0.2) is 41.2 Å². The van der Waals surface area contributed by atoms with E-state index in [2.05, 4.69) is 5.32 Å². The van der Waals surface area contributed by atoms with Gasteiger partial charge in [-0.05, 0) is 51.1 Å². The standard InChI is InChI=1S/C22H25N3O6S2/c1-4-33(28,29)24(16-6-8-18-19(12-16)31-10-9-30-18)13-21(26)23-15-5-7-17-20(11-15)32-22(27)25(17)14(2)3/h5-8,11-12,14H,4,9-10,13H2,1-3H3,(H,23,26). The highest BCUT2D eigenvalue weighted by atomic mass is 32.2. The van der Waals surface area contributed by atoms with Crippen molar-refractivity contribution < 1.29 is 22.7 Å². The minimum absolute atomic E-state index is 0.0190. The Labute approximate surface area is 195 Å². The molecule has 176 valence electrons. The van der Waals surface area contributed by atoms with Gasteiger partial charge in [-0.1, -0.05) is 11.3 Å². The van der Waals surface area contributed by atoms with Crippen LogP contribution in [-0.2, 0) is 14.8 Å². The molecular formula is C22H25N3O6S2. The van der Waals surface area contributed by atoms with Crippen LogP contribution < -0.4 is 24.0 Å². The van der Waals surface area contributed by atoms with E-state index in [0.717, 1.165) is 25.9 Å². The number of fused-ring (bicyclic) bond motifs is 2. The van der Waals surface area contributed by atoms with Crippen LogP contribution in [0.3, 0.4) is 0 Å². The van der Waals surface area contributed by atoms with Crippen LogP contribution in [0.5, 0.6) is 11.5 Å². The molecule has 2 heterocycles. The van der Waals surface area contributed by atoms with Crippen molar-refractivity contribution in [2.75, 3.05) is 35.1 Å². The third-order valence-corrected chi connectivity index (χ3v) is 7.87. The molecule has 0 radical (unpaired) electrons. The Balaban J connectivity index is 1.58. The molecule has 1 N–H and O–H groups in total. The van der Waals surface area contributed by atoms with Crippen molar-refractivity contribution in [3.63, 3.8) is 0 Å². The molecule has 1 aromatic heterocycles. The highest BCUT2D eigenvalue weighted by molar-refractivity contribution is 7.92. The summed E-state index contributed by atoms with van der Waals surface area (Å²) < 4.78 is 40.1. The Morgan fingerprint density at radius 1 is 1.15 bits per heavy atom. The van der Waals surface area contributed by atoms with Gasteiger partial charge in [0.15, 0.2) is 11.5 Å². The summed E-state index contributed by atoms with van der Waals surface area (Å²) in [6.07, 6.45) is 0. The molecule has 1 amide bonds. The van der Waals surface area contributed by atoms with Gasteiger partial charge in [-0.3, -0.25) is 18.5 Å². The number of aromatic nitrogens is 1. The molecule has 1 aliphatic heterocycles. The number of carbonyl (C=O) groups excluding carboxylic acids is 1. The lowest BCUT2D eigenvalue weighted by Gasteiger charge is -2.25. The third kappa shape index (κ3) is 4.69. The van der Waals surface area contributed by atoms with Gasteiger partial charge in [-0.15, -0.1) is 0 Å². The average molecular weight is 492 g/mol. The number of anilines is 2. The molecule has 0 bridgehead atoms. The van der Waals surface area contributed by atoms with Crippen LogP contribution >= 0.6 is 11.3 Å². The van der Waals surface area contributed by atoms with Crippen LogP contribution in [0.2, 0.25) is 0 Å². The molecule has 11 heteroatoms. The number of hydrogen-bond acceptors (Lipinski definition) is 7. The summed E-state index contributed by atoms with van der Waals surface area (Å²) in [6.45, 7) is 5.77. The van der Waals surface area contributed by atoms with Crippen LogP contribution in [0, 0.1) is 0 Å². The lowest BCUT2D eigenvalue weighted by atomic mass is 10.2. The maximum Gasteiger partial charge on any atom is 0.308 e. The van der Waals surface area contributed by atoms with Crippen LogP contribution in [-0.4, -0.2) is 44.4 Å². The normalized spacial score (nSPS) is 13.3. The fourth-order valence-corrected chi connectivity index (χ4v) is 5.74. The summed E-state index contributed by atoms with van der Waals surface area (Å²) in [7, 11) is -3.74. The summed E-state index contributed by atoms with van der Waals surface area (Å²) in [5.41, 5.74) is 1.60. The van der Waals surface area contributed by atoms with Gasteiger partial charge < -0.3 is 14.8 Å². The molecule has 0 fully saturated rings. The Morgan fingerprint density at radius 2 is 1.88 bits per heavy atom. The molecule has 9 nitrogen and oxygen atoms in total. The van der Waals surface area contributed by atoms with Crippen molar-refractivity contribution in [2.45, 2.75) is 26.8 Å². The molecule has 1 aliphatic rings. The zero-order valence-electron chi connectivity index (χ0n) is 18.5. The first-order valence-corrected chi connectivity index (χ1v) is 13.0. The van der Waals surface area contributed by atoms with Crippen molar-refractivity contribution in [2.24, 2.45) is 0 Å². The van der Waals surface area contributed by atoms with E-state index in [0.29, 0.717) is 36.1 Å². The van der Waals surface area contributed by atoms with E-state index >= 15 is 0 Å². The SMILES string of the molecule is CCS(=O)(=O)N(CC(=O)Nc1ccc2c(c1)sc(=O)n2C(C)C)c1ccc2c(c1)OCCO2. The highest BCUT2D eigenvalue weighted by Gasteiger charge is 2.25. The first-order chi connectivity index (χ1) is 15.7. The van der Waals surface area contributed by atoms with E-state index in [-0.39, 0.29) is 16.7 Å². The molecular weight excluding hydrogens is 466 g/mol. The largest absolute Gasteiger partial charge is 0.486 e. The van der Waals surface area contributed by atoms with Crippen LogP contribution in [0.25, 0.3) is 10.2 Å². The number of nitrogens with one attached hydrogen (secondary N) is 1. The molecule has 0 saturated heterocycles. The quantitative estimate of drug-likeness (QED) is 0.544. The van der Waals surface area contributed by atoms with Gasteiger partial charge in [-0.25, -0.2) is 8.42 Å². The summed E-state index contributed by atoms with van der Waals surface area (Å²) in [5, 5.41) is 2.75. The first-order valence-electron chi connectivity index (χ1n) is 10.5. The van der Waals surface area contributed by atoms with Crippen molar-refractivity contribution >= 4 is 48.9 Å². The topological polar surface area (TPSA) is 107 Å². The lowest BCUT2D eigenvalue weighted by molar-refractivity contribution is -0.114. The summed E-state index contributed by atoms with van der Waals surface area (Å²) in [6, 6.07) is 10.0. The number of sulfonamides is 1. The van der Waals surface area contributed by atoms with E-state index in [9.17, 15) is 18.0 Å². The zero-order valence-corrected chi connectivity index (χ0v) is 20.2. The molecule has 4 rings (SSSR count). The Morgan fingerprint density at radius 3 is 2.58 bits per heavy atom. The minimum atomic E-state index is -3.74. The predicted molar refractivity (Wildman–Crippen MR) is 129 cm³/mol. The van der Waals surface area contributed by atoms with Gasteiger partial charge in [0, 0.05) is 17.8 Å². The van der Waals surface area contributed by atoms with Gasteiger partial charge in [0.25, 0.3) is 0 Å². The maximum absolute atomic E-state index is 12.8. The van der Waals surface area contributed by atoms with Crippen molar-refractivity contribution in [1.82, 2.24) is 4.57 Å². The lowest BCUT2D eigenvalue weighted by Crippen LogP contribution is -2.39. The molecule has 0 spiro atoms. The second-order valence-corrected chi connectivity index (χ2v) is 11.0. The van der Waals surface area contributed by atoms with E-state index in [1.54, 1.807) is 41.0 Å². The summed E-state index contributed by atoms with van der Waals surface area (Å²) >= 11 is 1.10. The number of carbonyl (C=O) groups is 1. The van der Waals surface area contributed by atoms with Gasteiger partial charge in [-0.2, -0.15) is 0 Å². The Kier molecular flexibility index (Phi) is 6.35. The number of benzene rings is 2. The number of ether oxygens (including phenoxy) is 2. The second-order valence-electron chi connectivity index (χ2n) is 7.80. The van der Waals surface area contributed by atoms with Gasteiger partial charge >= 0.3 is 4.87 Å². The number of amides is 1. The minimum Gasteiger partial charge on any atom is -0.486 e. The monoisotopic (exact) mass is 491 g/mol. The predicted octanol–water partition coefficient (Wildman–Crippen LogP) is 3.21. The summed E-state index contributed by atoms with van der Waals surface area (Å²) in [5.74, 6) is 0.295. The second kappa shape index (κ2) is 9.06. The Hall–Kier alpha value is -3.05. The fourth-order valence-electron chi connectivity index (χ4n) is 3.63. The molecule has 0 atom stereocenters. The smallest absolute Gasteiger partial charge is 0.308 e. The molecule has 0 unspecified atom stereocenters. The number of rotatable bonds is 7. The highest BCUT2D eigenvalue weighted by Crippen LogP contribution is 2.35. The average Bonchev–Trinajstić information content (AvgIpc) is 3.12. The van der Waals surface area contributed by atoms with Crippen LogP contribution in [0.1, 0.15) is 26.8 Å². The van der Waals surface area contributed by atoms with Crippen molar-refractivity contribution in [3.8, 4) is 11.5 Å². The third-order valence-electron chi connectivity index (χ3n) is 5.22. The van der Waals surface area contributed by atoms with E-state index in [1.165, 1.54) is 6.92 Å². The molecule has 2 aromatic carbocycles. The Bertz CT molecular complexity index is 1360. The van der Waals surface area contributed by atoms with Gasteiger partial charge in [0.05, 0.1) is 21.7 Å². The van der Waals surface area contributed by atoms with Gasteiger partial charge in [0.1, 0.15) is 19.8 Å². The van der Waals surface area contributed by atoms with E-state index in [4.69, 9.17) is 9.47 Å². The number of hydrogen-bond donors (Lipinski definition) is 1. The molecule has 0 saturated carbocycles. The molecule has 0 aliphatic carbocycles. The van der Waals surface area contributed by atoms with Gasteiger partial charge in [0.2, 0.25) is 15.9 Å². The van der Waals surface area contributed by atoms with E-state index < -0.39 is 22.5 Å². The number of nitrogens with zero attached hydrogens (tertiary/aromatic N) is 2.